The maximum absolute atomic E-state index is 13.9. The zero-order valence-electron chi connectivity index (χ0n) is 11.3. The third-order valence-corrected chi connectivity index (χ3v) is 4.53. The minimum atomic E-state index is -0.573. The lowest BCUT2D eigenvalue weighted by molar-refractivity contribution is -0.385. The molecule has 2 aliphatic carbocycles. The fourth-order valence-electron chi connectivity index (χ4n) is 3.31. The number of nitro benzene ring substituents is 1. The average molecular weight is 278 g/mol. The topological polar surface area (TPSA) is 55.2 Å². The standard InChI is InChI=1S/C15H19FN2O2/c16-14-9-13(18(19)20)6-7-15(14)17-12-3-1-2-11(8-12)10-4-5-10/h6-7,9-12,17H,1-5,8H2. The fraction of sp³-hybridized carbons (Fsp3) is 0.600. The van der Waals surface area contributed by atoms with Crippen molar-refractivity contribution < 1.29 is 9.31 Å². The molecular weight excluding hydrogens is 259 g/mol. The third kappa shape index (κ3) is 2.92. The molecule has 1 N–H and O–H groups in total. The summed E-state index contributed by atoms with van der Waals surface area (Å²) in [5.74, 6) is 1.14. The van der Waals surface area contributed by atoms with E-state index in [-0.39, 0.29) is 5.69 Å². The van der Waals surface area contributed by atoms with E-state index in [9.17, 15) is 14.5 Å². The number of nitro groups is 1. The maximum atomic E-state index is 13.9. The summed E-state index contributed by atoms with van der Waals surface area (Å²) in [5, 5.41) is 13.8. The number of hydrogen-bond donors (Lipinski definition) is 1. The van der Waals surface area contributed by atoms with E-state index in [0.717, 1.165) is 30.7 Å². The minimum absolute atomic E-state index is 0.201. The first-order valence-electron chi connectivity index (χ1n) is 7.34. The van der Waals surface area contributed by atoms with Gasteiger partial charge in [-0.25, -0.2) is 4.39 Å². The first kappa shape index (κ1) is 13.3. The van der Waals surface area contributed by atoms with Gasteiger partial charge in [-0.2, -0.15) is 0 Å². The summed E-state index contributed by atoms with van der Waals surface area (Å²) in [6, 6.07) is 4.12. The van der Waals surface area contributed by atoms with E-state index in [0.29, 0.717) is 11.7 Å². The zero-order valence-corrected chi connectivity index (χ0v) is 11.3. The van der Waals surface area contributed by atoms with E-state index in [1.54, 1.807) is 0 Å². The highest BCUT2D eigenvalue weighted by Gasteiger charge is 2.34. The Kier molecular flexibility index (Phi) is 3.59. The Morgan fingerprint density at radius 1 is 1.20 bits per heavy atom. The van der Waals surface area contributed by atoms with Gasteiger partial charge in [0.2, 0.25) is 0 Å². The molecule has 0 aliphatic heterocycles. The highest BCUT2D eigenvalue weighted by molar-refractivity contribution is 5.50. The van der Waals surface area contributed by atoms with Crippen LogP contribution in [0.5, 0.6) is 0 Å². The predicted molar refractivity (Wildman–Crippen MR) is 75.1 cm³/mol. The van der Waals surface area contributed by atoms with E-state index >= 15 is 0 Å². The molecule has 3 rings (SSSR count). The van der Waals surface area contributed by atoms with Gasteiger partial charge in [0.1, 0.15) is 0 Å². The van der Waals surface area contributed by atoms with Crippen molar-refractivity contribution in [2.45, 2.75) is 44.6 Å². The van der Waals surface area contributed by atoms with Crippen molar-refractivity contribution in [2.75, 3.05) is 5.32 Å². The van der Waals surface area contributed by atoms with Crippen LogP contribution in [0.4, 0.5) is 15.8 Å². The van der Waals surface area contributed by atoms with Crippen molar-refractivity contribution in [3.05, 3.63) is 34.1 Å². The molecule has 20 heavy (non-hydrogen) atoms. The van der Waals surface area contributed by atoms with Crippen molar-refractivity contribution >= 4 is 11.4 Å². The number of halogens is 1. The molecule has 2 saturated carbocycles. The summed E-state index contributed by atoms with van der Waals surface area (Å²) >= 11 is 0. The molecule has 108 valence electrons. The Hall–Kier alpha value is -1.65. The molecule has 2 unspecified atom stereocenters. The van der Waals surface area contributed by atoms with Gasteiger partial charge >= 0.3 is 0 Å². The average Bonchev–Trinajstić information content (AvgIpc) is 3.25. The minimum Gasteiger partial charge on any atom is -0.380 e. The molecule has 5 heteroatoms. The zero-order chi connectivity index (χ0) is 14.1. The van der Waals surface area contributed by atoms with Crippen molar-refractivity contribution in [1.29, 1.82) is 0 Å². The van der Waals surface area contributed by atoms with Crippen LogP contribution in [0.2, 0.25) is 0 Å². The lowest BCUT2D eigenvalue weighted by Gasteiger charge is -2.30. The monoisotopic (exact) mass is 278 g/mol. The molecule has 1 aromatic rings. The van der Waals surface area contributed by atoms with Gasteiger partial charge in [0.25, 0.3) is 5.69 Å². The number of benzene rings is 1. The van der Waals surface area contributed by atoms with Crippen molar-refractivity contribution in [3.8, 4) is 0 Å². The number of non-ortho nitro benzene ring substituents is 1. The van der Waals surface area contributed by atoms with Crippen LogP contribution in [0.15, 0.2) is 18.2 Å². The SMILES string of the molecule is O=[N+]([O-])c1ccc(NC2CCCC(C3CC3)C2)c(F)c1. The molecule has 0 radical (unpaired) electrons. The van der Waals surface area contributed by atoms with Crippen LogP contribution >= 0.6 is 0 Å². The van der Waals surface area contributed by atoms with Gasteiger partial charge in [0.15, 0.2) is 5.82 Å². The smallest absolute Gasteiger partial charge is 0.272 e. The van der Waals surface area contributed by atoms with Gasteiger partial charge in [-0.15, -0.1) is 0 Å². The molecule has 2 fully saturated rings. The first-order chi connectivity index (χ1) is 9.63. The van der Waals surface area contributed by atoms with Crippen LogP contribution < -0.4 is 5.32 Å². The summed E-state index contributed by atoms with van der Waals surface area (Å²) in [6.07, 6.45) is 7.34. The van der Waals surface area contributed by atoms with Crippen LogP contribution in [0.3, 0.4) is 0 Å². The number of anilines is 1. The predicted octanol–water partition coefficient (Wildman–Crippen LogP) is 4.11. The normalized spacial score (nSPS) is 26.2. The van der Waals surface area contributed by atoms with Gasteiger partial charge in [-0.1, -0.05) is 12.8 Å². The summed E-state index contributed by atoms with van der Waals surface area (Å²) in [4.78, 5) is 10.0. The van der Waals surface area contributed by atoms with Crippen molar-refractivity contribution in [1.82, 2.24) is 0 Å². The Bertz CT molecular complexity index is 517. The summed E-state index contributed by atoms with van der Waals surface area (Å²) < 4.78 is 13.9. The quantitative estimate of drug-likeness (QED) is 0.666. The molecule has 0 bridgehead atoms. The van der Waals surface area contributed by atoms with Crippen LogP contribution in [0.1, 0.15) is 38.5 Å². The molecule has 4 nitrogen and oxygen atoms in total. The lowest BCUT2D eigenvalue weighted by Crippen LogP contribution is -2.28. The largest absolute Gasteiger partial charge is 0.380 e. The van der Waals surface area contributed by atoms with Crippen molar-refractivity contribution in [3.63, 3.8) is 0 Å². The summed E-state index contributed by atoms with van der Waals surface area (Å²) in [5.41, 5.74) is 0.185. The highest BCUT2D eigenvalue weighted by atomic mass is 19.1. The Morgan fingerprint density at radius 2 is 2.00 bits per heavy atom. The molecule has 1 aromatic carbocycles. The van der Waals surface area contributed by atoms with Gasteiger partial charge in [-0.05, 0) is 43.6 Å². The molecule has 0 aromatic heterocycles. The summed E-state index contributed by atoms with van der Waals surface area (Å²) in [6.45, 7) is 0. The number of hydrogen-bond acceptors (Lipinski definition) is 3. The molecule has 0 spiro atoms. The Morgan fingerprint density at radius 3 is 2.65 bits per heavy atom. The van der Waals surface area contributed by atoms with Crippen LogP contribution in [-0.2, 0) is 0 Å². The van der Waals surface area contributed by atoms with E-state index in [1.807, 2.05) is 0 Å². The molecule has 0 saturated heterocycles. The second-order valence-corrected chi connectivity index (χ2v) is 6.03. The van der Waals surface area contributed by atoms with Gasteiger partial charge in [0, 0.05) is 12.1 Å². The van der Waals surface area contributed by atoms with E-state index in [1.165, 1.54) is 37.8 Å². The summed E-state index contributed by atoms with van der Waals surface area (Å²) in [7, 11) is 0. The molecule has 2 atom stereocenters. The third-order valence-electron chi connectivity index (χ3n) is 4.53. The molecule has 2 aliphatic rings. The number of nitrogens with one attached hydrogen (secondary N) is 1. The molecule has 0 amide bonds. The van der Waals surface area contributed by atoms with Crippen molar-refractivity contribution in [2.24, 2.45) is 11.8 Å². The van der Waals surface area contributed by atoms with E-state index in [2.05, 4.69) is 5.32 Å². The number of nitrogens with zero attached hydrogens (tertiary/aromatic N) is 1. The van der Waals surface area contributed by atoms with Crippen LogP contribution in [0.25, 0.3) is 0 Å². The van der Waals surface area contributed by atoms with E-state index < -0.39 is 10.7 Å². The first-order valence-corrected chi connectivity index (χ1v) is 7.34. The lowest BCUT2D eigenvalue weighted by atomic mass is 9.82. The van der Waals surface area contributed by atoms with Gasteiger partial charge < -0.3 is 5.32 Å². The number of rotatable bonds is 4. The van der Waals surface area contributed by atoms with Crippen LogP contribution in [0, 0.1) is 27.8 Å². The second-order valence-electron chi connectivity index (χ2n) is 6.03. The van der Waals surface area contributed by atoms with Crippen LogP contribution in [-0.4, -0.2) is 11.0 Å². The Labute approximate surface area is 117 Å². The fourth-order valence-corrected chi connectivity index (χ4v) is 3.31. The van der Waals surface area contributed by atoms with E-state index in [4.69, 9.17) is 0 Å². The highest BCUT2D eigenvalue weighted by Crippen LogP contribution is 2.44. The Balaban J connectivity index is 1.66. The maximum Gasteiger partial charge on any atom is 0.272 e. The molecule has 0 heterocycles. The second kappa shape index (κ2) is 5.38. The molecular formula is C15H19FN2O2. The van der Waals surface area contributed by atoms with Gasteiger partial charge in [0.05, 0.1) is 16.7 Å². The van der Waals surface area contributed by atoms with Gasteiger partial charge in [-0.3, -0.25) is 10.1 Å².